The number of hydrogen-bond acceptors (Lipinski definition) is 3. The van der Waals surface area contributed by atoms with E-state index in [4.69, 9.17) is 4.99 Å². The Morgan fingerprint density at radius 2 is 2.19 bits per heavy atom. The van der Waals surface area contributed by atoms with Gasteiger partial charge in [-0.05, 0) is 38.3 Å². The lowest BCUT2D eigenvalue weighted by Crippen LogP contribution is -2.38. The minimum Gasteiger partial charge on any atom is -0.357 e. The summed E-state index contributed by atoms with van der Waals surface area (Å²) in [6, 6.07) is 4.23. The molecule has 0 amide bonds. The second-order valence-electron chi connectivity index (χ2n) is 7.30. The van der Waals surface area contributed by atoms with Crippen LogP contribution in [0.1, 0.15) is 49.9 Å². The van der Waals surface area contributed by atoms with Crippen LogP contribution in [-0.4, -0.2) is 50.3 Å². The molecule has 3 heterocycles. The number of fused-ring (bicyclic) bond motifs is 1. The minimum absolute atomic E-state index is 0.794. The number of nitrogens with one attached hydrogen (secondary N) is 1. The fourth-order valence-electron chi connectivity index (χ4n) is 3.60. The molecule has 0 aromatic carbocycles. The summed E-state index contributed by atoms with van der Waals surface area (Å²) in [7, 11) is 4.17. The third kappa shape index (κ3) is 5.11. The Balaban J connectivity index is 1.54. The van der Waals surface area contributed by atoms with E-state index in [1.165, 1.54) is 30.8 Å². The van der Waals surface area contributed by atoms with Crippen molar-refractivity contribution in [1.82, 2.24) is 29.5 Å². The molecule has 1 N–H and O–H groups in total. The van der Waals surface area contributed by atoms with Crippen LogP contribution >= 0.6 is 0 Å². The molecule has 27 heavy (non-hydrogen) atoms. The first-order chi connectivity index (χ1) is 13.2. The highest BCUT2D eigenvalue weighted by Crippen LogP contribution is 2.15. The van der Waals surface area contributed by atoms with Crippen molar-refractivity contribution < 1.29 is 0 Å². The highest BCUT2D eigenvalue weighted by Gasteiger charge is 2.14. The van der Waals surface area contributed by atoms with Crippen molar-refractivity contribution in [3.05, 3.63) is 35.7 Å². The predicted molar refractivity (Wildman–Crippen MR) is 109 cm³/mol. The number of guanidine groups is 1. The van der Waals surface area contributed by atoms with E-state index in [0.717, 1.165) is 57.2 Å². The number of nitrogens with zero attached hydrogens (tertiary/aromatic N) is 6. The maximum Gasteiger partial charge on any atom is 0.194 e. The van der Waals surface area contributed by atoms with Gasteiger partial charge in [0.2, 0.25) is 0 Å². The Morgan fingerprint density at radius 1 is 1.30 bits per heavy atom. The fourth-order valence-corrected chi connectivity index (χ4v) is 3.60. The van der Waals surface area contributed by atoms with Crippen molar-refractivity contribution in [3.63, 3.8) is 0 Å². The Hall–Kier alpha value is -2.31. The van der Waals surface area contributed by atoms with Crippen LogP contribution in [0.5, 0.6) is 0 Å². The molecule has 0 atom stereocenters. The summed E-state index contributed by atoms with van der Waals surface area (Å²) >= 11 is 0. The molecular formula is C20H33N7. The Kier molecular flexibility index (Phi) is 6.90. The molecule has 2 aromatic heterocycles. The summed E-state index contributed by atoms with van der Waals surface area (Å²) in [5.41, 5.74) is 1.27. The lowest BCUT2D eigenvalue weighted by atomic mass is 10.2. The second kappa shape index (κ2) is 9.58. The van der Waals surface area contributed by atoms with Gasteiger partial charge < -0.3 is 19.4 Å². The standard InChI is InChI=1S/C20H33N7/c1-4-21-20(26(3)16-17-10-9-14-25(17)2)22-13-8-12-19-24-23-18-11-6-5-7-15-27(18)19/h9-10,14H,4-8,11-13,15-16H2,1-3H3,(H,21,22). The Morgan fingerprint density at radius 3 is 2.96 bits per heavy atom. The zero-order valence-electron chi connectivity index (χ0n) is 17.0. The average Bonchev–Trinajstić information content (AvgIpc) is 3.15. The molecule has 0 unspecified atom stereocenters. The molecule has 3 rings (SSSR count). The van der Waals surface area contributed by atoms with Gasteiger partial charge in [0.1, 0.15) is 11.6 Å². The molecule has 2 aromatic rings. The van der Waals surface area contributed by atoms with E-state index in [0.29, 0.717) is 0 Å². The summed E-state index contributed by atoms with van der Waals surface area (Å²) in [5.74, 6) is 3.25. The normalized spacial score (nSPS) is 14.7. The van der Waals surface area contributed by atoms with Crippen molar-refractivity contribution in [2.75, 3.05) is 20.1 Å². The van der Waals surface area contributed by atoms with E-state index in [1.54, 1.807) is 0 Å². The van der Waals surface area contributed by atoms with E-state index in [1.807, 2.05) is 0 Å². The van der Waals surface area contributed by atoms with Crippen LogP contribution in [0.25, 0.3) is 0 Å². The van der Waals surface area contributed by atoms with Gasteiger partial charge in [-0.1, -0.05) is 6.42 Å². The van der Waals surface area contributed by atoms with E-state index in [9.17, 15) is 0 Å². The monoisotopic (exact) mass is 371 g/mol. The van der Waals surface area contributed by atoms with Crippen molar-refractivity contribution in [2.24, 2.45) is 12.0 Å². The molecule has 1 aliphatic heterocycles. The molecule has 0 fully saturated rings. The second-order valence-corrected chi connectivity index (χ2v) is 7.30. The SMILES string of the molecule is CCNC(=NCCCc1nnc2n1CCCCC2)N(C)Cc1cccn1C. The molecule has 0 bridgehead atoms. The Bertz CT molecular complexity index is 743. The summed E-state index contributed by atoms with van der Waals surface area (Å²) in [6.45, 7) is 5.68. The van der Waals surface area contributed by atoms with E-state index >= 15 is 0 Å². The summed E-state index contributed by atoms with van der Waals surface area (Å²) < 4.78 is 4.49. The van der Waals surface area contributed by atoms with Gasteiger partial charge in [0.15, 0.2) is 5.96 Å². The molecule has 148 valence electrons. The van der Waals surface area contributed by atoms with Crippen LogP contribution < -0.4 is 5.32 Å². The molecule has 0 saturated carbocycles. The zero-order valence-corrected chi connectivity index (χ0v) is 17.0. The quantitative estimate of drug-likeness (QED) is 0.461. The topological polar surface area (TPSA) is 63.3 Å². The van der Waals surface area contributed by atoms with E-state index in [2.05, 4.69) is 68.9 Å². The van der Waals surface area contributed by atoms with Crippen LogP contribution in [0.4, 0.5) is 0 Å². The van der Waals surface area contributed by atoms with E-state index in [-0.39, 0.29) is 0 Å². The molecule has 0 saturated heterocycles. The van der Waals surface area contributed by atoms with Gasteiger partial charge in [-0.3, -0.25) is 4.99 Å². The van der Waals surface area contributed by atoms with Crippen molar-refractivity contribution in [2.45, 2.75) is 58.5 Å². The van der Waals surface area contributed by atoms with Crippen molar-refractivity contribution in [1.29, 1.82) is 0 Å². The van der Waals surface area contributed by atoms with Crippen LogP contribution in [-0.2, 0) is 33.0 Å². The lowest BCUT2D eigenvalue weighted by Gasteiger charge is -2.22. The van der Waals surface area contributed by atoms with Gasteiger partial charge in [-0.25, -0.2) is 0 Å². The molecule has 1 aliphatic rings. The maximum absolute atomic E-state index is 4.82. The number of aryl methyl sites for hydroxylation is 3. The number of hydrogen-bond donors (Lipinski definition) is 1. The molecular weight excluding hydrogens is 338 g/mol. The van der Waals surface area contributed by atoms with Crippen LogP contribution in [0.3, 0.4) is 0 Å². The minimum atomic E-state index is 0.794. The van der Waals surface area contributed by atoms with Crippen LogP contribution in [0.2, 0.25) is 0 Å². The van der Waals surface area contributed by atoms with Gasteiger partial charge in [-0.2, -0.15) is 0 Å². The summed E-state index contributed by atoms with van der Waals surface area (Å²) in [5, 5.41) is 12.2. The molecule has 0 spiro atoms. The first-order valence-electron chi connectivity index (χ1n) is 10.2. The number of aromatic nitrogens is 4. The average molecular weight is 372 g/mol. The zero-order chi connectivity index (χ0) is 19.1. The van der Waals surface area contributed by atoms with Gasteiger partial charge in [-0.15, -0.1) is 10.2 Å². The van der Waals surface area contributed by atoms with Crippen molar-refractivity contribution in [3.8, 4) is 0 Å². The van der Waals surface area contributed by atoms with E-state index < -0.39 is 0 Å². The van der Waals surface area contributed by atoms with Gasteiger partial charge in [0.05, 0.1) is 6.54 Å². The summed E-state index contributed by atoms with van der Waals surface area (Å²) in [6.07, 6.45) is 8.86. The summed E-state index contributed by atoms with van der Waals surface area (Å²) in [4.78, 5) is 7.00. The number of rotatable bonds is 7. The van der Waals surface area contributed by atoms with Gasteiger partial charge >= 0.3 is 0 Å². The molecule has 7 nitrogen and oxygen atoms in total. The Labute approximate surface area is 162 Å². The third-order valence-corrected chi connectivity index (χ3v) is 5.15. The third-order valence-electron chi connectivity index (χ3n) is 5.15. The maximum atomic E-state index is 4.82. The van der Waals surface area contributed by atoms with Crippen molar-refractivity contribution >= 4 is 5.96 Å². The lowest BCUT2D eigenvalue weighted by molar-refractivity contribution is 0.461. The molecule has 0 radical (unpaired) electrons. The molecule has 7 heteroatoms. The number of aliphatic imine (C=N–C) groups is 1. The fraction of sp³-hybridized carbons (Fsp3) is 0.650. The van der Waals surface area contributed by atoms with Crippen LogP contribution in [0, 0.1) is 0 Å². The van der Waals surface area contributed by atoms with Gasteiger partial charge in [0, 0.05) is 58.5 Å². The predicted octanol–water partition coefficient (Wildman–Crippen LogP) is 2.37. The highest BCUT2D eigenvalue weighted by molar-refractivity contribution is 5.79. The molecule has 0 aliphatic carbocycles. The van der Waals surface area contributed by atoms with Gasteiger partial charge in [0.25, 0.3) is 0 Å². The smallest absolute Gasteiger partial charge is 0.194 e. The first kappa shape index (κ1) is 19.5. The largest absolute Gasteiger partial charge is 0.357 e. The highest BCUT2D eigenvalue weighted by atomic mass is 15.3. The van der Waals surface area contributed by atoms with Crippen LogP contribution in [0.15, 0.2) is 23.3 Å². The first-order valence-corrected chi connectivity index (χ1v) is 10.2.